The van der Waals surface area contributed by atoms with Gasteiger partial charge in [-0.3, -0.25) is 4.79 Å². The molecule has 2 heterocycles. The quantitative estimate of drug-likeness (QED) is 0.254. The summed E-state index contributed by atoms with van der Waals surface area (Å²) in [4.78, 5) is 27.1. The highest BCUT2D eigenvalue weighted by atomic mass is 35.5. The van der Waals surface area contributed by atoms with E-state index in [2.05, 4.69) is 37.4 Å². The number of amides is 1. The van der Waals surface area contributed by atoms with Crippen LogP contribution in [0.15, 0.2) is 66.9 Å². The van der Waals surface area contributed by atoms with Gasteiger partial charge < -0.3 is 29.9 Å². The van der Waals surface area contributed by atoms with E-state index in [0.29, 0.717) is 10.8 Å². The average molecular weight is 573 g/mol. The number of hydrogen-bond acceptors (Lipinski definition) is 8. The summed E-state index contributed by atoms with van der Waals surface area (Å²) in [5, 5.41) is 6.59. The summed E-state index contributed by atoms with van der Waals surface area (Å²) in [5.74, 6) is 1.05. The minimum Gasteiger partial charge on any atom is -0.495 e. The molecule has 5 rings (SSSR count). The summed E-state index contributed by atoms with van der Waals surface area (Å²) in [6.07, 6.45) is 1.44. The second-order valence-corrected chi connectivity index (χ2v) is 10.4. The molecule has 1 aliphatic heterocycles. The first-order valence-corrected chi connectivity index (χ1v) is 13.8. The second-order valence-electron chi connectivity index (χ2n) is 9.97. The predicted octanol–water partition coefficient (Wildman–Crippen LogP) is 6.30. The first-order valence-electron chi connectivity index (χ1n) is 13.4. The van der Waals surface area contributed by atoms with Crippen molar-refractivity contribution < 1.29 is 14.3 Å². The van der Waals surface area contributed by atoms with Crippen molar-refractivity contribution in [3.8, 4) is 17.4 Å². The van der Waals surface area contributed by atoms with E-state index < -0.39 is 5.91 Å². The van der Waals surface area contributed by atoms with Crippen molar-refractivity contribution in [2.75, 3.05) is 55.9 Å². The third kappa shape index (κ3) is 6.53. The molecule has 212 valence electrons. The van der Waals surface area contributed by atoms with Gasteiger partial charge in [-0.1, -0.05) is 41.9 Å². The fraction of sp³-hybridized carbons (Fsp3) is 0.258. The van der Waals surface area contributed by atoms with Crippen molar-refractivity contribution in [3.05, 3.63) is 88.6 Å². The Morgan fingerprint density at radius 1 is 0.951 bits per heavy atom. The summed E-state index contributed by atoms with van der Waals surface area (Å²) in [6.45, 7) is 7.73. The maximum atomic E-state index is 13.4. The number of likely N-dealkylation sites (N-methyl/N-ethyl adjacent to an activating group) is 1. The van der Waals surface area contributed by atoms with Crippen LogP contribution in [0, 0.1) is 13.8 Å². The molecule has 0 aliphatic carbocycles. The molecule has 0 spiro atoms. The molecule has 1 aromatic heterocycles. The van der Waals surface area contributed by atoms with Crippen molar-refractivity contribution in [2.45, 2.75) is 13.8 Å². The molecule has 4 aromatic rings. The molecule has 3 aromatic carbocycles. The molecule has 1 fully saturated rings. The van der Waals surface area contributed by atoms with Crippen molar-refractivity contribution in [3.63, 3.8) is 0 Å². The Bertz CT molecular complexity index is 1530. The number of rotatable bonds is 8. The highest BCUT2D eigenvalue weighted by Crippen LogP contribution is 2.34. The third-order valence-electron chi connectivity index (χ3n) is 7.04. The summed E-state index contributed by atoms with van der Waals surface area (Å²) in [6, 6.07) is 18.7. The van der Waals surface area contributed by atoms with Gasteiger partial charge in [0.1, 0.15) is 17.1 Å². The first kappa shape index (κ1) is 28.2. The number of carbonyl (C=O) groups excluding carboxylic acids is 1. The minimum atomic E-state index is -0.394. The number of nitrogens with one attached hydrogen (secondary N) is 2. The molecule has 1 amide bonds. The van der Waals surface area contributed by atoms with Crippen molar-refractivity contribution in [2.24, 2.45) is 0 Å². The molecule has 0 bridgehead atoms. The Kier molecular flexibility index (Phi) is 8.56. The largest absolute Gasteiger partial charge is 0.495 e. The molecule has 10 heteroatoms. The number of hydrogen-bond donors (Lipinski definition) is 2. The summed E-state index contributed by atoms with van der Waals surface area (Å²) in [7, 11) is 3.79. The van der Waals surface area contributed by atoms with Crippen LogP contribution in [0.5, 0.6) is 17.4 Å². The van der Waals surface area contributed by atoms with Gasteiger partial charge in [0.25, 0.3) is 5.91 Å². The van der Waals surface area contributed by atoms with E-state index >= 15 is 0 Å². The van der Waals surface area contributed by atoms with Crippen molar-refractivity contribution in [1.82, 2.24) is 14.9 Å². The molecule has 0 radical (unpaired) electrons. The average Bonchev–Trinajstić information content (AvgIpc) is 2.97. The lowest BCUT2D eigenvalue weighted by atomic mass is 10.1. The fourth-order valence-electron chi connectivity index (χ4n) is 4.68. The third-order valence-corrected chi connectivity index (χ3v) is 7.35. The molecule has 1 aliphatic rings. The Morgan fingerprint density at radius 3 is 2.39 bits per heavy atom. The van der Waals surface area contributed by atoms with E-state index in [4.69, 9.17) is 21.1 Å². The number of piperazine rings is 1. The standard InChI is InChI=1S/C31H33ClN6O3/c1-20-8-7-9-21(2)28(20)35-29(39)23-19-33-31(36-30(23)41-26-11-6-5-10-24(26)32)34-22-12-13-25(27(18-22)40-4)38-16-14-37(3)15-17-38/h5-13,18-19H,14-17H2,1-4H3,(H,35,39)(H,33,34,36). The maximum absolute atomic E-state index is 13.4. The van der Waals surface area contributed by atoms with Crippen molar-refractivity contribution in [1.29, 1.82) is 0 Å². The number of aryl methyl sites for hydroxylation is 2. The van der Waals surface area contributed by atoms with Gasteiger partial charge >= 0.3 is 0 Å². The van der Waals surface area contributed by atoms with Crippen LogP contribution in [0.1, 0.15) is 21.5 Å². The minimum absolute atomic E-state index is 0.0698. The van der Waals surface area contributed by atoms with Crippen LogP contribution in [-0.2, 0) is 0 Å². The van der Waals surface area contributed by atoms with Crippen LogP contribution >= 0.6 is 11.6 Å². The van der Waals surface area contributed by atoms with E-state index in [9.17, 15) is 4.79 Å². The van der Waals surface area contributed by atoms with Gasteiger partial charge in [0.05, 0.1) is 17.8 Å². The number of carbonyl (C=O) groups is 1. The van der Waals surface area contributed by atoms with E-state index in [-0.39, 0.29) is 17.4 Å². The molecule has 0 saturated carbocycles. The predicted molar refractivity (Wildman–Crippen MR) is 163 cm³/mol. The SMILES string of the molecule is COc1cc(Nc2ncc(C(=O)Nc3c(C)cccc3C)c(Oc3ccccc3Cl)n2)ccc1N1CCN(C)CC1. The summed E-state index contributed by atoms with van der Waals surface area (Å²) >= 11 is 6.36. The van der Waals surface area contributed by atoms with Crippen molar-refractivity contribution >= 4 is 40.5 Å². The highest BCUT2D eigenvalue weighted by molar-refractivity contribution is 6.32. The second kappa shape index (κ2) is 12.4. The smallest absolute Gasteiger partial charge is 0.262 e. The lowest BCUT2D eigenvalue weighted by molar-refractivity contribution is 0.102. The van der Waals surface area contributed by atoms with E-state index in [1.807, 2.05) is 50.2 Å². The van der Waals surface area contributed by atoms with E-state index in [1.165, 1.54) is 6.20 Å². The first-order chi connectivity index (χ1) is 19.8. The van der Waals surface area contributed by atoms with Crippen LogP contribution in [0.2, 0.25) is 5.02 Å². The highest BCUT2D eigenvalue weighted by Gasteiger charge is 2.21. The number of halogens is 1. The van der Waals surface area contributed by atoms with Gasteiger partial charge in [0, 0.05) is 49.8 Å². The number of ether oxygens (including phenoxy) is 2. The molecule has 0 atom stereocenters. The normalized spacial score (nSPS) is 13.5. The van der Waals surface area contributed by atoms with Crippen LogP contribution < -0.4 is 25.0 Å². The van der Waals surface area contributed by atoms with Crippen LogP contribution in [0.4, 0.5) is 23.0 Å². The van der Waals surface area contributed by atoms with Gasteiger partial charge in [-0.2, -0.15) is 4.98 Å². The Labute approximate surface area is 245 Å². The van der Waals surface area contributed by atoms with Gasteiger partial charge in [0.15, 0.2) is 0 Å². The van der Waals surface area contributed by atoms with Crippen LogP contribution in [0.3, 0.4) is 0 Å². The maximum Gasteiger partial charge on any atom is 0.262 e. The monoisotopic (exact) mass is 572 g/mol. The lowest BCUT2D eigenvalue weighted by Gasteiger charge is -2.34. The Hall–Kier alpha value is -4.34. The Morgan fingerprint density at radius 2 is 1.68 bits per heavy atom. The zero-order valence-corrected chi connectivity index (χ0v) is 24.3. The number of aromatic nitrogens is 2. The molecular weight excluding hydrogens is 540 g/mol. The van der Waals surface area contributed by atoms with Gasteiger partial charge in [-0.25, -0.2) is 4.98 Å². The molecule has 0 unspecified atom stereocenters. The van der Waals surface area contributed by atoms with Crippen LogP contribution in [0.25, 0.3) is 0 Å². The lowest BCUT2D eigenvalue weighted by Crippen LogP contribution is -2.44. The Balaban J connectivity index is 1.44. The fourth-order valence-corrected chi connectivity index (χ4v) is 4.85. The number of anilines is 4. The summed E-state index contributed by atoms with van der Waals surface area (Å²) in [5.41, 5.74) is 4.56. The number of methoxy groups -OCH3 is 1. The molecule has 9 nitrogen and oxygen atoms in total. The van der Waals surface area contributed by atoms with Gasteiger partial charge in [-0.05, 0) is 56.3 Å². The zero-order valence-electron chi connectivity index (χ0n) is 23.6. The van der Waals surface area contributed by atoms with Gasteiger partial charge in [-0.15, -0.1) is 0 Å². The molecule has 1 saturated heterocycles. The van der Waals surface area contributed by atoms with E-state index in [1.54, 1.807) is 31.4 Å². The number of para-hydroxylation sites is 2. The van der Waals surface area contributed by atoms with E-state index in [0.717, 1.165) is 60.1 Å². The topological polar surface area (TPSA) is 91.8 Å². The molecule has 2 N–H and O–H groups in total. The molecular formula is C31H33ClN6O3. The molecule has 41 heavy (non-hydrogen) atoms. The van der Waals surface area contributed by atoms with Crippen LogP contribution in [-0.4, -0.2) is 61.1 Å². The summed E-state index contributed by atoms with van der Waals surface area (Å²) < 4.78 is 11.8. The number of benzene rings is 3. The number of nitrogens with zero attached hydrogens (tertiary/aromatic N) is 4. The zero-order chi connectivity index (χ0) is 28.9. The van der Waals surface area contributed by atoms with Gasteiger partial charge in [0.2, 0.25) is 11.8 Å².